The van der Waals surface area contributed by atoms with Crippen molar-refractivity contribution in [1.29, 1.82) is 0 Å². The van der Waals surface area contributed by atoms with Crippen molar-refractivity contribution >= 4 is 23.0 Å². The van der Waals surface area contributed by atoms with Gasteiger partial charge in [-0.15, -0.1) is 4.41 Å². The normalized spacial score (nSPS) is 18.8. The van der Waals surface area contributed by atoms with E-state index in [-0.39, 0.29) is 13.1 Å². The van der Waals surface area contributed by atoms with Crippen molar-refractivity contribution in [2.45, 2.75) is 20.3 Å². The van der Waals surface area contributed by atoms with Crippen LogP contribution in [0, 0.1) is 0 Å². The summed E-state index contributed by atoms with van der Waals surface area (Å²) in [6.45, 7) is 4.02. The zero-order valence-electron chi connectivity index (χ0n) is 8.60. The molecule has 1 N–H and O–H groups in total. The van der Waals surface area contributed by atoms with Gasteiger partial charge in [-0.25, -0.2) is 15.2 Å². The summed E-state index contributed by atoms with van der Waals surface area (Å²) in [4.78, 5) is 11.4. The van der Waals surface area contributed by atoms with Gasteiger partial charge in [-0.1, -0.05) is 6.92 Å². The summed E-state index contributed by atoms with van der Waals surface area (Å²) in [5.74, 6) is 0. The molecule has 0 saturated heterocycles. The summed E-state index contributed by atoms with van der Waals surface area (Å²) in [5.41, 5.74) is 2.89. The summed E-state index contributed by atoms with van der Waals surface area (Å²) < 4.78 is 22.8. The second kappa shape index (κ2) is 5.19. The summed E-state index contributed by atoms with van der Waals surface area (Å²) >= 11 is -2.44. The fourth-order valence-electron chi connectivity index (χ4n) is 1.17. The Morgan fingerprint density at radius 2 is 2.40 bits per heavy atom. The Labute approximate surface area is 90.5 Å². The molecule has 0 spiro atoms. The Kier molecular flexibility index (Phi) is 4.18. The number of hydrazone groups is 1. The molecule has 2 amide bonds. The zero-order chi connectivity index (χ0) is 11.4. The summed E-state index contributed by atoms with van der Waals surface area (Å²) in [6.07, 6.45) is 0.633. The summed E-state index contributed by atoms with van der Waals surface area (Å²) in [6, 6.07) is -0.529. The first-order chi connectivity index (χ1) is 7.06. The van der Waals surface area contributed by atoms with E-state index in [9.17, 15) is 13.6 Å². The first kappa shape index (κ1) is 12.1. The molecule has 0 radical (unpaired) electrons. The van der Waals surface area contributed by atoms with Gasteiger partial charge in [0.15, 0.2) is 0 Å². The highest BCUT2D eigenvalue weighted by Gasteiger charge is 2.25. The van der Waals surface area contributed by atoms with E-state index in [1.54, 1.807) is 6.92 Å². The van der Waals surface area contributed by atoms with Gasteiger partial charge >= 0.3 is 6.03 Å². The molecule has 8 heteroatoms. The lowest BCUT2D eigenvalue weighted by molar-refractivity contribution is 0.0982. The van der Waals surface area contributed by atoms with Crippen LogP contribution in [0.1, 0.15) is 20.3 Å². The van der Waals surface area contributed by atoms with Crippen LogP contribution in [-0.4, -0.2) is 43.0 Å². The molecule has 1 atom stereocenters. The fourth-order valence-corrected chi connectivity index (χ4v) is 1.80. The first-order valence-electron chi connectivity index (χ1n) is 4.53. The smallest absolute Gasteiger partial charge is 0.353 e. The van der Waals surface area contributed by atoms with E-state index in [2.05, 4.69) is 10.5 Å². The van der Waals surface area contributed by atoms with E-state index < -0.39 is 17.3 Å². The molecule has 0 aromatic rings. The molecule has 1 aliphatic rings. The van der Waals surface area contributed by atoms with Gasteiger partial charge in [0.2, 0.25) is 0 Å². The SMILES string of the molecule is CCCN(N1CC(C)=NNC1=O)S(=O)[O-]. The van der Waals surface area contributed by atoms with Gasteiger partial charge in [0.1, 0.15) is 0 Å². The number of hydrogen-bond donors (Lipinski definition) is 1. The molecule has 0 bridgehead atoms. The molecular weight excluding hydrogens is 220 g/mol. The van der Waals surface area contributed by atoms with Crippen LogP contribution in [0.5, 0.6) is 0 Å². The van der Waals surface area contributed by atoms with Gasteiger partial charge in [-0.05, 0) is 13.3 Å². The first-order valence-corrected chi connectivity index (χ1v) is 5.57. The van der Waals surface area contributed by atoms with Crippen molar-refractivity contribution < 1.29 is 13.6 Å². The van der Waals surface area contributed by atoms with E-state index in [0.29, 0.717) is 12.1 Å². The third-order valence-electron chi connectivity index (χ3n) is 1.81. The van der Waals surface area contributed by atoms with Gasteiger partial charge in [-0.3, -0.25) is 4.21 Å². The molecule has 0 fully saturated rings. The van der Waals surface area contributed by atoms with E-state index in [1.807, 2.05) is 6.92 Å². The van der Waals surface area contributed by atoms with Crippen LogP contribution in [0.3, 0.4) is 0 Å². The van der Waals surface area contributed by atoms with Crippen molar-refractivity contribution in [3.8, 4) is 0 Å². The van der Waals surface area contributed by atoms with Crippen molar-refractivity contribution in [2.75, 3.05) is 13.1 Å². The number of rotatable bonds is 4. The number of hydrazine groups is 1. The maximum absolute atomic E-state index is 11.4. The van der Waals surface area contributed by atoms with E-state index >= 15 is 0 Å². The average molecular weight is 233 g/mol. The minimum absolute atomic E-state index is 0.194. The minimum atomic E-state index is -2.44. The Balaban J connectivity index is 2.79. The molecule has 1 unspecified atom stereocenters. The summed E-state index contributed by atoms with van der Waals surface area (Å²) in [5, 5.41) is 4.83. The monoisotopic (exact) mass is 233 g/mol. The minimum Gasteiger partial charge on any atom is -0.758 e. The van der Waals surface area contributed by atoms with Crippen LogP contribution in [0.2, 0.25) is 0 Å². The Morgan fingerprint density at radius 3 is 2.93 bits per heavy atom. The van der Waals surface area contributed by atoms with E-state index in [4.69, 9.17) is 0 Å². The van der Waals surface area contributed by atoms with Crippen molar-refractivity contribution in [1.82, 2.24) is 14.8 Å². The number of carbonyl (C=O) groups is 1. The van der Waals surface area contributed by atoms with Gasteiger partial charge in [0.05, 0.1) is 12.3 Å². The number of hydrogen-bond acceptors (Lipinski definition) is 4. The predicted octanol–water partition coefficient (Wildman–Crippen LogP) is -0.191. The lowest BCUT2D eigenvalue weighted by Crippen LogP contribution is -2.55. The van der Waals surface area contributed by atoms with Crippen molar-refractivity contribution in [3.05, 3.63) is 0 Å². The van der Waals surface area contributed by atoms with E-state index in [0.717, 1.165) is 9.42 Å². The Morgan fingerprint density at radius 1 is 1.73 bits per heavy atom. The van der Waals surface area contributed by atoms with Crippen LogP contribution >= 0.6 is 0 Å². The molecule has 7 nitrogen and oxygen atoms in total. The molecular formula is C7H13N4O3S-. The Hall–Kier alpha value is -0.990. The van der Waals surface area contributed by atoms with Gasteiger partial charge in [0.25, 0.3) is 0 Å². The molecule has 1 aliphatic heterocycles. The van der Waals surface area contributed by atoms with Crippen molar-refractivity contribution in [2.24, 2.45) is 5.10 Å². The van der Waals surface area contributed by atoms with Crippen LogP contribution in [0.15, 0.2) is 5.10 Å². The molecule has 0 aromatic heterocycles. The molecule has 1 heterocycles. The lowest BCUT2D eigenvalue weighted by atomic mass is 10.4. The zero-order valence-corrected chi connectivity index (χ0v) is 9.41. The Bertz CT molecular complexity index is 307. The molecule has 86 valence electrons. The largest absolute Gasteiger partial charge is 0.758 e. The molecule has 0 aromatic carbocycles. The van der Waals surface area contributed by atoms with Gasteiger partial charge in [-0.2, -0.15) is 5.10 Å². The maximum Gasteiger partial charge on any atom is 0.353 e. The molecule has 0 saturated carbocycles. The fraction of sp³-hybridized carbons (Fsp3) is 0.714. The van der Waals surface area contributed by atoms with E-state index in [1.165, 1.54) is 0 Å². The molecule has 0 aliphatic carbocycles. The van der Waals surface area contributed by atoms with Crippen molar-refractivity contribution in [3.63, 3.8) is 0 Å². The molecule has 1 rings (SSSR count). The second-order valence-electron chi connectivity index (χ2n) is 3.11. The number of amides is 2. The number of carbonyl (C=O) groups excluding carboxylic acids is 1. The van der Waals surface area contributed by atoms with Crippen LogP contribution < -0.4 is 5.43 Å². The topological polar surface area (TPSA) is 88.1 Å². The predicted molar refractivity (Wildman–Crippen MR) is 54.3 cm³/mol. The van der Waals surface area contributed by atoms with Crippen LogP contribution in [0.25, 0.3) is 0 Å². The maximum atomic E-state index is 11.4. The highest BCUT2D eigenvalue weighted by Crippen LogP contribution is 2.06. The average Bonchev–Trinajstić information content (AvgIpc) is 2.18. The van der Waals surface area contributed by atoms with Gasteiger partial charge in [0, 0.05) is 17.8 Å². The number of urea groups is 1. The number of nitrogens with one attached hydrogen (secondary N) is 1. The third kappa shape index (κ3) is 2.98. The van der Waals surface area contributed by atoms with Crippen LogP contribution in [-0.2, 0) is 11.3 Å². The highest BCUT2D eigenvalue weighted by atomic mass is 32.2. The third-order valence-corrected chi connectivity index (χ3v) is 2.54. The summed E-state index contributed by atoms with van der Waals surface area (Å²) in [7, 11) is 0. The van der Waals surface area contributed by atoms with Crippen LogP contribution in [0.4, 0.5) is 4.79 Å². The lowest BCUT2D eigenvalue weighted by Gasteiger charge is -2.36. The number of nitrogens with zero attached hydrogens (tertiary/aromatic N) is 3. The second-order valence-corrected chi connectivity index (χ2v) is 3.97. The quantitative estimate of drug-likeness (QED) is 0.682. The standard InChI is InChI=1S/C7H14N4O3S/c1-3-4-11(15(13)14)10-5-6(2)8-9-7(10)12/h3-5H2,1-2H3,(H,9,12)(H,13,14)/p-1. The highest BCUT2D eigenvalue weighted by molar-refractivity contribution is 7.76. The van der Waals surface area contributed by atoms with Gasteiger partial charge < -0.3 is 4.55 Å². The molecule has 15 heavy (non-hydrogen) atoms.